The Labute approximate surface area is 221 Å². The van der Waals surface area contributed by atoms with Crippen LogP contribution in [0.1, 0.15) is 37.5 Å². The third-order valence-electron chi connectivity index (χ3n) is 6.67. The molecule has 6 rings (SSSR count). The summed E-state index contributed by atoms with van der Waals surface area (Å²) < 4.78 is 26.0. The Kier molecular flexibility index (Phi) is 6.47. The van der Waals surface area contributed by atoms with Gasteiger partial charge in [0.15, 0.2) is 10.4 Å². The summed E-state index contributed by atoms with van der Waals surface area (Å²) in [5.74, 6) is 0.00925. The first kappa shape index (κ1) is 24.5. The average Bonchev–Trinajstić information content (AvgIpc) is 3.50. The van der Waals surface area contributed by atoms with Crippen LogP contribution in [0.4, 0.5) is 10.3 Å². The fourth-order valence-electron chi connectivity index (χ4n) is 4.77. The molecule has 1 aromatic carbocycles. The number of rotatable bonds is 6. The predicted octanol–water partition coefficient (Wildman–Crippen LogP) is 3.97. The Bertz CT molecular complexity index is 1530. The van der Waals surface area contributed by atoms with Gasteiger partial charge in [0.1, 0.15) is 16.6 Å². The van der Waals surface area contributed by atoms with Crippen molar-refractivity contribution in [1.82, 2.24) is 24.3 Å². The van der Waals surface area contributed by atoms with Gasteiger partial charge < -0.3 is 14.7 Å². The molecular formula is C25H27ClFN7O2S. The monoisotopic (exact) mass is 543 g/mol. The van der Waals surface area contributed by atoms with E-state index in [4.69, 9.17) is 26.3 Å². The minimum Gasteiger partial charge on any atom is -0.395 e. The lowest BCUT2D eigenvalue weighted by atomic mass is 10.1. The molecule has 2 fully saturated rings. The average molecular weight is 544 g/mol. The molecule has 4 heterocycles. The molecule has 0 radical (unpaired) electrons. The van der Waals surface area contributed by atoms with Crippen LogP contribution in [0, 0.1) is 5.82 Å². The number of aliphatic hydroxyl groups excluding tert-OH is 1. The normalized spacial score (nSPS) is 20.8. The van der Waals surface area contributed by atoms with Crippen LogP contribution in [0.15, 0.2) is 35.6 Å². The molecule has 1 saturated carbocycles. The molecule has 1 saturated heterocycles. The minimum absolute atomic E-state index is 0.0775. The number of anilines is 1. The molecule has 4 aromatic rings. The van der Waals surface area contributed by atoms with Gasteiger partial charge in [0.25, 0.3) is 0 Å². The zero-order valence-electron chi connectivity index (χ0n) is 20.5. The van der Waals surface area contributed by atoms with Gasteiger partial charge in [-0.05, 0) is 38.0 Å². The quantitative estimate of drug-likeness (QED) is 0.395. The van der Waals surface area contributed by atoms with Gasteiger partial charge in [0.05, 0.1) is 43.7 Å². The molecule has 1 N–H and O–H groups in total. The second-order valence-corrected chi connectivity index (χ2v) is 10.9. The molecule has 0 bridgehead atoms. The number of ether oxygens (including phenoxy) is 1. The maximum Gasteiger partial charge on any atom is 0.228 e. The molecule has 194 valence electrons. The lowest BCUT2D eigenvalue weighted by Gasteiger charge is -2.36. The van der Waals surface area contributed by atoms with E-state index in [2.05, 4.69) is 21.2 Å². The molecule has 1 aliphatic carbocycles. The summed E-state index contributed by atoms with van der Waals surface area (Å²) in [4.78, 5) is 16.9. The Morgan fingerprint density at radius 1 is 1.27 bits per heavy atom. The van der Waals surface area contributed by atoms with E-state index in [1.54, 1.807) is 19.2 Å². The third kappa shape index (κ3) is 4.65. The highest BCUT2D eigenvalue weighted by molar-refractivity contribution is 7.16. The molecule has 0 spiro atoms. The molecule has 37 heavy (non-hydrogen) atoms. The van der Waals surface area contributed by atoms with Gasteiger partial charge in [0, 0.05) is 35.9 Å². The molecule has 3 aromatic heterocycles. The molecule has 9 nitrogen and oxygen atoms in total. The number of aliphatic hydroxyl groups is 1. The summed E-state index contributed by atoms with van der Waals surface area (Å²) >= 11 is 7.41. The van der Waals surface area contributed by atoms with Crippen molar-refractivity contribution in [3.63, 3.8) is 0 Å². The van der Waals surface area contributed by atoms with Crippen LogP contribution in [0.25, 0.3) is 21.6 Å². The van der Waals surface area contributed by atoms with Gasteiger partial charge in [0.2, 0.25) is 5.95 Å². The van der Waals surface area contributed by atoms with Gasteiger partial charge >= 0.3 is 0 Å². The first-order chi connectivity index (χ1) is 17.9. The molecule has 12 heteroatoms. The van der Waals surface area contributed by atoms with E-state index in [-0.39, 0.29) is 18.8 Å². The van der Waals surface area contributed by atoms with E-state index in [9.17, 15) is 5.11 Å². The van der Waals surface area contributed by atoms with Gasteiger partial charge in [-0.2, -0.15) is 10.1 Å². The summed E-state index contributed by atoms with van der Waals surface area (Å²) in [7, 11) is 1.69. The number of halogens is 2. The highest BCUT2D eigenvalue weighted by Crippen LogP contribution is 2.37. The van der Waals surface area contributed by atoms with E-state index in [0.717, 1.165) is 18.4 Å². The number of aromatic nitrogens is 5. The summed E-state index contributed by atoms with van der Waals surface area (Å²) in [6.07, 6.45) is 5.99. The van der Waals surface area contributed by atoms with Crippen molar-refractivity contribution in [3.05, 3.63) is 51.8 Å². The van der Waals surface area contributed by atoms with E-state index in [1.807, 2.05) is 22.4 Å². The zero-order chi connectivity index (χ0) is 25.7. The molecule has 0 unspecified atom stereocenters. The number of hydrogen-bond acceptors (Lipinski definition) is 8. The molecule has 2 aliphatic rings. The van der Waals surface area contributed by atoms with Gasteiger partial charge in [-0.1, -0.05) is 22.9 Å². The molecule has 2 atom stereocenters. The van der Waals surface area contributed by atoms with Crippen molar-refractivity contribution in [2.24, 2.45) is 4.99 Å². The largest absolute Gasteiger partial charge is 0.395 e. The van der Waals surface area contributed by atoms with Crippen LogP contribution >= 0.6 is 22.9 Å². The fraction of sp³-hybridized carbons (Fsp3) is 0.440. The van der Waals surface area contributed by atoms with Gasteiger partial charge in [-0.25, -0.2) is 9.37 Å². The highest BCUT2D eigenvalue weighted by Gasteiger charge is 2.32. The number of morpholine rings is 1. The summed E-state index contributed by atoms with van der Waals surface area (Å²) in [5, 5.41) is 14.6. The Balaban J connectivity index is 1.47. The van der Waals surface area contributed by atoms with Crippen molar-refractivity contribution in [1.29, 1.82) is 0 Å². The van der Waals surface area contributed by atoms with E-state index in [1.165, 1.54) is 17.4 Å². The zero-order valence-corrected chi connectivity index (χ0v) is 22.1. The first-order valence-corrected chi connectivity index (χ1v) is 13.5. The maximum absolute atomic E-state index is 15.1. The highest BCUT2D eigenvalue weighted by atomic mass is 35.5. The van der Waals surface area contributed by atoms with E-state index in [0.29, 0.717) is 63.1 Å². The Morgan fingerprint density at radius 3 is 2.84 bits per heavy atom. The second kappa shape index (κ2) is 9.79. The van der Waals surface area contributed by atoms with Crippen molar-refractivity contribution in [2.45, 2.75) is 44.6 Å². The lowest BCUT2D eigenvalue weighted by Crippen LogP contribution is -2.43. The summed E-state index contributed by atoms with van der Waals surface area (Å²) in [5.41, 5.74) is 2.43. The van der Waals surface area contributed by atoms with Crippen molar-refractivity contribution in [3.8, 4) is 11.3 Å². The minimum atomic E-state index is -0.462. The van der Waals surface area contributed by atoms with Gasteiger partial charge in [-0.3, -0.25) is 14.2 Å². The van der Waals surface area contributed by atoms with Crippen LogP contribution < -0.4 is 9.70 Å². The van der Waals surface area contributed by atoms with Crippen LogP contribution in [-0.2, 0) is 11.3 Å². The van der Waals surface area contributed by atoms with Gasteiger partial charge in [-0.15, -0.1) is 0 Å². The third-order valence-corrected chi connectivity index (χ3v) is 8.08. The van der Waals surface area contributed by atoms with Crippen LogP contribution in [0.3, 0.4) is 0 Å². The maximum atomic E-state index is 15.1. The Hall–Kier alpha value is -2.86. The fourth-order valence-corrected chi connectivity index (χ4v) is 5.99. The molecule has 1 aliphatic heterocycles. The van der Waals surface area contributed by atoms with E-state index >= 15 is 4.39 Å². The Morgan fingerprint density at radius 2 is 2.11 bits per heavy atom. The topological polar surface area (TPSA) is 93.6 Å². The lowest BCUT2D eigenvalue weighted by molar-refractivity contribution is -0.0178. The van der Waals surface area contributed by atoms with Crippen molar-refractivity contribution in [2.75, 3.05) is 31.6 Å². The SMILES string of the molecule is CN=c1sc2c(-c3ccc(Cl)cc3F)nc(N3C[C@@H](C)O[C@H](c4cnn(C5CC5)c4)C3)nc2n1CCO. The van der Waals surface area contributed by atoms with Crippen LogP contribution in [0.2, 0.25) is 5.02 Å². The first-order valence-electron chi connectivity index (χ1n) is 12.3. The molecular weight excluding hydrogens is 517 g/mol. The number of benzene rings is 1. The summed E-state index contributed by atoms with van der Waals surface area (Å²) in [6.45, 7) is 3.37. The van der Waals surface area contributed by atoms with Crippen LogP contribution in [0.5, 0.6) is 0 Å². The van der Waals surface area contributed by atoms with Crippen molar-refractivity contribution < 1.29 is 14.2 Å². The van der Waals surface area contributed by atoms with Crippen LogP contribution in [-0.4, -0.2) is 62.3 Å². The number of hydrogen-bond donors (Lipinski definition) is 1. The predicted molar refractivity (Wildman–Crippen MR) is 140 cm³/mol. The molecule has 0 amide bonds. The number of thiazole rings is 1. The number of nitrogens with zero attached hydrogens (tertiary/aromatic N) is 7. The number of fused-ring (bicyclic) bond motifs is 1. The standard InChI is InChI=1S/C25H27ClFN7O2S/c1-14-11-32(13-20(36-14)15-10-29-34(12-15)17-4-5-17)24-30-21(18-6-3-16(26)9-19(18)27)22-23(31-24)33(7-8-35)25(28-2)37-22/h3,6,9-10,12,14,17,20,35H,4-5,7-8,11,13H2,1-2H3/t14-,20+/m1/s1. The summed E-state index contributed by atoms with van der Waals surface area (Å²) in [6, 6.07) is 5.07. The van der Waals surface area contributed by atoms with Crippen molar-refractivity contribution >= 4 is 39.2 Å². The second-order valence-electron chi connectivity index (χ2n) is 9.46. The smallest absolute Gasteiger partial charge is 0.228 e. The van der Waals surface area contributed by atoms with E-state index < -0.39 is 5.82 Å².